The van der Waals surface area contributed by atoms with E-state index >= 15 is 0 Å². The second kappa shape index (κ2) is 4.80. The molecular weight excluding hydrogens is 152 g/mol. The molecule has 72 valence electrons. The molecule has 1 fully saturated rings. The number of rotatable bonds is 3. The first kappa shape index (κ1) is 9.96. The largest absolute Gasteiger partial charge is 0.383 e. The van der Waals surface area contributed by atoms with Gasteiger partial charge in [-0.2, -0.15) is 0 Å². The summed E-state index contributed by atoms with van der Waals surface area (Å²) in [6.07, 6.45) is 0. The molecule has 1 saturated heterocycles. The van der Waals surface area contributed by atoms with Gasteiger partial charge >= 0.3 is 0 Å². The van der Waals surface area contributed by atoms with Crippen molar-refractivity contribution in [3.8, 4) is 0 Å². The number of methoxy groups -OCH3 is 1. The van der Waals surface area contributed by atoms with Crippen LogP contribution in [0.2, 0.25) is 0 Å². The van der Waals surface area contributed by atoms with Crippen molar-refractivity contribution in [3.05, 3.63) is 0 Å². The van der Waals surface area contributed by atoms with Gasteiger partial charge in [-0.05, 0) is 14.0 Å². The van der Waals surface area contributed by atoms with E-state index in [1.165, 1.54) is 19.6 Å². The van der Waals surface area contributed by atoms with Crippen LogP contribution in [0.25, 0.3) is 0 Å². The first-order chi connectivity index (χ1) is 5.74. The monoisotopic (exact) mass is 172 g/mol. The molecule has 1 heterocycles. The van der Waals surface area contributed by atoms with E-state index in [2.05, 4.69) is 23.8 Å². The van der Waals surface area contributed by atoms with Crippen LogP contribution >= 0.6 is 0 Å². The Morgan fingerprint density at radius 3 is 2.75 bits per heavy atom. The summed E-state index contributed by atoms with van der Waals surface area (Å²) in [5.74, 6) is 0. The normalized spacial score (nSPS) is 27.8. The maximum atomic E-state index is 5.06. The standard InChI is InChI=1S/C9H20N2O/c1-9-8-10(2)4-5-11(9)6-7-12-3/h9H,4-8H2,1-3H3. The predicted octanol–water partition coefficient (Wildman–Crippen LogP) is 0.269. The number of likely N-dealkylation sites (N-methyl/N-ethyl adjacent to an activating group) is 1. The van der Waals surface area contributed by atoms with Crippen molar-refractivity contribution >= 4 is 0 Å². The highest BCUT2D eigenvalue weighted by Gasteiger charge is 2.20. The molecule has 0 aromatic rings. The van der Waals surface area contributed by atoms with Gasteiger partial charge in [0.15, 0.2) is 0 Å². The maximum absolute atomic E-state index is 5.06. The highest BCUT2D eigenvalue weighted by molar-refractivity contribution is 4.76. The van der Waals surface area contributed by atoms with Crippen molar-refractivity contribution < 1.29 is 4.74 Å². The summed E-state index contributed by atoms with van der Waals surface area (Å²) >= 11 is 0. The average Bonchev–Trinajstić information content (AvgIpc) is 2.03. The van der Waals surface area contributed by atoms with Crippen molar-refractivity contribution in [2.45, 2.75) is 13.0 Å². The molecule has 1 rings (SSSR count). The Kier molecular flexibility index (Phi) is 3.98. The molecule has 3 nitrogen and oxygen atoms in total. The Bertz CT molecular complexity index is 128. The Hall–Kier alpha value is -0.120. The van der Waals surface area contributed by atoms with Gasteiger partial charge in [0.1, 0.15) is 0 Å². The molecule has 1 unspecified atom stereocenters. The van der Waals surface area contributed by atoms with Gasteiger partial charge in [0, 0.05) is 39.3 Å². The number of hydrogen-bond acceptors (Lipinski definition) is 3. The molecule has 1 aliphatic heterocycles. The fourth-order valence-corrected chi connectivity index (χ4v) is 1.72. The van der Waals surface area contributed by atoms with Gasteiger partial charge in [0.25, 0.3) is 0 Å². The minimum absolute atomic E-state index is 0.680. The molecule has 0 aromatic heterocycles. The fourth-order valence-electron chi connectivity index (χ4n) is 1.72. The minimum atomic E-state index is 0.680. The predicted molar refractivity (Wildman–Crippen MR) is 50.4 cm³/mol. The lowest BCUT2D eigenvalue weighted by atomic mass is 10.2. The van der Waals surface area contributed by atoms with E-state index in [4.69, 9.17) is 4.74 Å². The molecule has 0 aromatic carbocycles. The Morgan fingerprint density at radius 2 is 2.17 bits per heavy atom. The lowest BCUT2D eigenvalue weighted by Crippen LogP contribution is -2.51. The van der Waals surface area contributed by atoms with E-state index < -0.39 is 0 Å². The van der Waals surface area contributed by atoms with E-state index in [9.17, 15) is 0 Å². The van der Waals surface area contributed by atoms with Crippen LogP contribution < -0.4 is 0 Å². The smallest absolute Gasteiger partial charge is 0.0589 e. The lowest BCUT2D eigenvalue weighted by molar-refractivity contribution is 0.0700. The highest BCUT2D eigenvalue weighted by Crippen LogP contribution is 2.06. The maximum Gasteiger partial charge on any atom is 0.0589 e. The first-order valence-electron chi connectivity index (χ1n) is 4.65. The van der Waals surface area contributed by atoms with E-state index in [0.717, 1.165) is 13.2 Å². The molecule has 0 saturated carbocycles. The third-order valence-electron chi connectivity index (χ3n) is 2.55. The Morgan fingerprint density at radius 1 is 1.42 bits per heavy atom. The summed E-state index contributed by atoms with van der Waals surface area (Å²) in [6, 6.07) is 0.680. The van der Waals surface area contributed by atoms with Crippen LogP contribution in [0, 0.1) is 0 Å². The number of hydrogen-bond donors (Lipinski definition) is 0. The van der Waals surface area contributed by atoms with E-state index in [1.54, 1.807) is 7.11 Å². The van der Waals surface area contributed by atoms with E-state index in [-0.39, 0.29) is 0 Å². The zero-order valence-electron chi connectivity index (χ0n) is 8.42. The van der Waals surface area contributed by atoms with Gasteiger partial charge in [0.2, 0.25) is 0 Å². The van der Waals surface area contributed by atoms with Crippen LogP contribution in [0.4, 0.5) is 0 Å². The molecule has 1 aliphatic rings. The molecule has 0 N–H and O–H groups in total. The zero-order valence-corrected chi connectivity index (χ0v) is 8.42. The molecule has 0 aliphatic carbocycles. The van der Waals surface area contributed by atoms with Gasteiger partial charge in [-0.15, -0.1) is 0 Å². The highest BCUT2D eigenvalue weighted by atomic mass is 16.5. The molecule has 0 spiro atoms. The zero-order chi connectivity index (χ0) is 8.97. The van der Waals surface area contributed by atoms with Crippen LogP contribution in [-0.4, -0.2) is 62.8 Å². The van der Waals surface area contributed by atoms with Gasteiger partial charge in [-0.1, -0.05) is 0 Å². The number of ether oxygens (including phenoxy) is 1. The van der Waals surface area contributed by atoms with Crippen LogP contribution in [0.3, 0.4) is 0 Å². The van der Waals surface area contributed by atoms with Gasteiger partial charge in [-0.3, -0.25) is 4.90 Å². The van der Waals surface area contributed by atoms with E-state index in [0.29, 0.717) is 6.04 Å². The summed E-state index contributed by atoms with van der Waals surface area (Å²) in [5.41, 5.74) is 0. The number of piperazine rings is 1. The summed E-state index contributed by atoms with van der Waals surface area (Å²) in [5, 5.41) is 0. The third-order valence-corrected chi connectivity index (χ3v) is 2.55. The van der Waals surface area contributed by atoms with Gasteiger partial charge < -0.3 is 9.64 Å². The van der Waals surface area contributed by atoms with Crippen molar-refractivity contribution in [1.82, 2.24) is 9.80 Å². The molecule has 3 heteroatoms. The molecule has 0 amide bonds. The Labute approximate surface area is 75.3 Å². The Balaban J connectivity index is 2.25. The third kappa shape index (κ3) is 2.73. The quantitative estimate of drug-likeness (QED) is 0.607. The molecule has 12 heavy (non-hydrogen) atoms. The second-order valence-electron chi connectivity index (χ2n) is 3.64. The average molecular weight is 172 g/mol. The van der Waals surface area contributed by atoms with Crippen LogP contribution in [-0.2, 0) is 4.74 Å². The summed E-state index contributed by atoms with van der Waals surface area (Å²) in [7, 11) is 3.95. The molecular formula is C9H20N2O. The van der Waals surface area contributed by atoms with Crippen molar-refractivity contribution in [2.75, 3.05) is 46.9 Å². The van der Waals surface area contributed by atoms with Crippen LogP contribution in [0.1, 0.15) is 6.92 Å². The van der Waals surface area contributed by atoms with Crippen LogP contribution in [0.5, 0.6) is 0 Å². The lowest BCUT2D eigenvalue weighted by Gasteiger charge is -2.37. The van der Waals surface area contributed by atoms with Crippen molar-refractivity contribution in [1.29, 1.82) is 0 Å². The number of nitrogens with zero attached hydrogens (tertiary/aromatic N) is 2. The molecule has 0 bridgehead atoms. The SMILES string of the molecule is COCCN1CCN(C)CC1C. The van der Waals surface area contributed by atoms with Crippen molar-refractivity contribution in [2.24, 2.45) is 0 Å². The van der Waals surface area contributed by atoms with Crippen LogP contribution in [0.15, 0.2) is 0 Å². The van der Waals surface area contributed by atoms with Gasteiger partial charge in [0.05, 0.1) is 6.61 Å². The van der Waals surface area contributed by atoms with Crippen molar-refractivity contribution in [3.63, 3.8) is 0 Å². The summed E-state index contributed by atoms with van der Waals surface area (Å²) in [4.78, 5) is 4.87. The first-order valence-corrected chi connectivity index (χ1v) is 4.65. The van der Waals surface area contributed by atoms with E-state index in [1.807, 2.05) is 0 Å². The fraction of sp³-hybridized carbons (Fsp3) is 1.00. The molecule has 1 atom stereocenters. The summed E-state index contributed by atoms with van der Waals surface area (Å²) in [6.45, 7) is 7.77. The topological polar surface area (TPSA) is 15.7 Å². The van der Waals surface area contributed by atoms with Gasteiger partial charge in [-0.25, -0.2) is 0 Å². The minimum Gasteiger partial charge on any atom is -0.383 e. The second-order valence-corrected chi connectivity index (χ2v) is 3.64. The summed E-state index contributed by atoms with van der Waals surface area (Å²) < 4.78 is 5.06. The molecule has 0 radical (unpaired) electrons.